The molecule has 1 aromatic heterocycles. The van der Waals surface area contributed by atoms with Crippen molar-refractivity contribution in [3.8, 4) is 33.6 Å². The van der Waals surface area contributed by atoms with Crippen LogP contribution in [0.3, 0.4) is 0 Å². The quantitative estimate of drug-likeness (QED) is 0.339. The lowest BCUT2D eigenvalue weighted by molar-refractivity contribution is 0.359. The van der Waals surface area contributed by atoms with Crippen LogP contribution in [0.25, 0.3) is 33.6 Å². The van der Waals surface area contributed by atoms with E-state index >= 15 is 0 Å². The molecular formula is C28H27N. The summed E-state index contributed by atoms with van der Waals surface area (Å²) in [4.78, 5) is 0. The molecule has 144 valence electrons. The Hall–Kier alpha value is -3.06. The van der Waals surface area contributed by atoms with Crippen molar-refractivity contribution >= 4 is 0 Å². The molecule has 5 rings (SSSR count). The maximum atomic E-state index is 2.66. The summed E-state index contributed by atoms with van der Waals surface area (Å²) in [6.45, 7) is 0. The zero-order valence-electron chi connectivity index (χ0n) is 16.8. The van der Waals surface area contributed by atoms with Crippen LogP contribution in [0.15, 0.2) is 97.1 Å². The van der Waals surface area contributed by atoms with Crippen molar-refractivity contribution < 1.29 is 0 Å². The van der Waals surface area contributed by atoms with E-state index in [4.69, 9.17) is 0 Å². The lowest BCUT2D eigenvalue weighted by Gasteiger charge is -2.28. The summed E-state index contributed by atoms with van der Waals surface area (Å²) in [6, 6.07) is 35.7. The van der Waals surface area contributed by atoms with Crippen molar-refractivity contribution in [2.75, 3.05) is 0 Å². The molecule has 0 amide bonds. The highest BCUT2D eigenvalue weighted by molar-refractivity contribution is 5.87. The van der Waals surface area contributed by atoms with E-state index in [0.717, 1.165) is 0 Å². The van der Waals surface area contributed by atoms with Gasteiger partial charge in [0.25, 0.3) is 0 Å². The molecule has 1 aliphatic carbocycles. The second-order valence-electron chi connectivity index (χ2n) is 8.05. The number of nitrogens with zero attached hydrogens (tertiary/aromatic N) is 1. The highest BCUT2D eigenvalue weighted by Crippen LogP contribution is 2.44. The Labute approximate surface area is 173 Å². The molecule has 0 radical (unpaired) electrons. The minimum atomic E-state index is 0.562. The fourth-order valence-corrected chi connectivity index (χ4v) is 4.80. The summed E-state index contributed by atoms with van der Waals surface area (Å²) < 4.78 is 2.66. The minimum absolute atomic E-state index is 0.562. The molecule has 1 nitrogen and oxygen atoms in total. The first kappa shape index (κ1) is 18.0. The number of hydrogen-bond acceptors (Lipinski definition) is 0. The van der Waals surface area contributed by atoms with Gasteiger partial charge in [0, 0.05) is 17.3 Å². The van der Waals surface area contributed by atoms with Crippen LogP contribution in [-0.2, 0) is 0 Å². The van der Waals surface area contributed by atoms with Gasteiger partial charge in [0.15, 0.2) is 0 Å². The molecule has 0 N–H and O–H groups in total. The lowest BCUT2D eigenvalue weighted by Crippen LogP contribution is -2.15. The maximum absolute atomic E-state index is 2.66. The number of hydrogen-bond donors (Lipinski definition) is 0. The van der Waals surface area contributed by atoms with E-state index in [0.29, 0.717) is 6.04 Å². The Bertz CT molecular complexity index is 1060. The van der Waals surface area contributed by atoms with E-state index in [2.05, 4.69) is 102 Å². The van der Waals surface area contributed by atoms with Crippen molar-refractivity contribution in [3.63, 3.8) is 0 Å². The molecule has 0 saturated heterocycles. The Morgan fingerprint density at radius 2 is 1.07 bits per heavy atom. The molecular weight excluding hydrogens is 350 g/mol. The van der Waals surface area contributed by atoms with Crippen molar-refractivity contribution in [3.05, 3.63) is 97.1 Å². The van der Waals surface area contributed by atoms with Gasteiger partial charge in [-0.25, -0.2) is 0 Å². The van der Waals surface area contributed by atoms with Crippen LogP contribution in [0.5, 0.6) is 0 Å². The summed E-state index contributed by atoms with van der Waals surface area (Å²) in [5, 5.41) is 0. The van der Waals surface area contributed by atoms with Crippen LogP contribution in [0.1, 0.15) is 38.1 Å². The zero-order valence-corrected chi connectivity index (χ0v) is 16.8. The van der Waals surface area contributed by atoms with Crippen LogP contribution in [0, 0.1) is 0 Å². The molecule has 1 heteroatoms. The fourth-order valence-electron chi connectivity index (χ4n) is 4.80. The molecule has 3 aromatic carbocycles. The van der Waals surface area contributed by atoms with Gasteiger partial charge in [-0.05, 0) is 35.6 Å². The molecule has 0 spiro atoms. The van der Waals surface area contributed by atoms with Crippen LogP contribution in [0.2, 0.25) is 0 Å². The largest absolute Gasteiger partial charge is 0.337 e. The molecule has 0 atom stereocenters. The van der Waals surface area contributed by atoms with Gasteiger partial charge < -0.3 is 4.57 Å². The molecule has 1 heterocycles. The average molecular weight is 378 g/mol. The Balaban J connectivity index is 1.80. The van der Waals surface area contributed by atoms with Crippen molar-refractivity contribution in [1.29, 1.82) is 0 Å². The van der Waals surface area contributed by atoms with Crippen molar-refractivity contribution in [2.45, 2.75) is 38.1 Å². The van der Waals surface area contributed by atoms with Crippen molar-refractivity contribution in [1.82, 2.24) is 4.57 Å². The van der Waals surface area contributed by atoms with E-state index in [9.17, 15) is 0 Å². The Morgan fingerprint density at radius 3 is 1.66 bits per heavy atom. The molecule has 0 aliphatic heterocycles. The SMILES string of the molecule is c1ccc(-c2cc(-c3ccccc3)n(C3CCCCC3)c2-c2ccccc2)cc1. The first-order chi connectivity index (χ1) is 14.4. The maximum Gasteiger partial charge on any atom is 0.0567 e. The van der Waals surface area contributed by atoms with E-state index in [1.165, 1.54) is 65.7 Å². The molecule has 4 aromatic rings. The Kier molecular flexibility index (Phi) is 5.04. The minimum Gasteiger partial charge on any atom is -0.337 e. The average Bonchev–Trinajstić information content (AvgIpc) is 3.22. The second kappa shape index (κ2) is 8.13. The van der Waals surface area contributed by atoms with Gasteiger partial charge in [0.2, 0.25) is 0 Å². The van der Waals surface area contributed by atoms with Gasteiger partial charge in [-0.15, -0.1) is 0 Å². The molecule has 1 saturated carbocycles. The topological polar surface area (TPSA) is 4.93 Å². The molecule has 0 bridgehead atoms. The summed E-state index contributed by atoms with van der Waals surface area (Å²) >= 11 is 0. The predicted molar refractivity (Wildman–Crippen MR) is 123 cm³/mol. The van der Waals surface area contributed by atoms with E-state index in [1.54, 1.807) is 0 Å². The molecule has 1 fully saturated rings. The monoisotopic (exact) mass is 377 g/mol. The zero-order chi connectivity index (χ0) is 19.5. The van der Waals surface area contributed by atoms with Gasteiger partial charge in [-0.2, -0.15) is 0 Å². The normalized spacial score (nSPS) is 14.8. The smallest absolute Gasteiger partial charge is 0.0567 e. The molecule has 0 unspecified atom stereocenters. The fraction of sp³-hybridized carbons (Fsp3) is 0.214. The van der Waals surface area contributed by atoms with E-state index in [1.807, 2.05) is 0 Å². The summed E-state index contributed by atoms with van der Waals surface area (Å²) in [7, 11) is 0. The number of aromatic nitrogens is 1. The highest BCUT2D eigenvalue weighted by atomic mass is 15.0. The number of benzene rings is 3. The van der Waals surface area contributed by atoms with Crippen molar-refractivity contribution in [2.24, 2.45) is 0 Å². The third-order valence-corrected chi connectivity index (χ3v) is 6.18. The van der Waals surface area contributed by atoms with Gasteiger partial charge in [0.05, 0.1) is 5.69 Å². The number of rotatable bonds is 4. The van der Waals surface area contributed by atoms with Gasteiger partial charge >= 0.3 is 0 Å². The highest BCUT2D eigenvalue weighted by Gasteiger charge is 2.25. The van der Waals surface area contributed by atoms with Gasteiger partial charge in [0.1, 0.15) is 0 Å². The second-order valence-corrected chi connectivity index (χ2v) is 8.05. The molecule has 29 heavy (non-hydrogen) atoms. The third-order valence-electron chi connectivity index (χ3n) is 6.18. The van der Waals surface area contributed by atoms with Crippen LogP contribution >= 0.6 is 0 Å². The third kappa shape index (κ3) is 3.53. The Morgan fingerprint density at radius 1 is 0.552 bits per heavy atom. The van der Waals surface area contributed by atoms with Gasteiger partial charge in [-0.3, -0.25) is 0 Å². The first-order valence-corrected chi connectivity index (χ1v) is 10.8. The van der Waals surface area contributed by atoms with Crippen LogP contribution in [-0.4, -0.2) is 4.57 Å². The first-order valence-electron chi connectivity index (χ1n) is 10.8. The van der Waals surface area contributed by atoms with Crippen LogP contribution < -0.4 is 0 Å². The van der Waals surface area contributed by atoms with E-state index in [-0.39, 0.29) is 0 Å². The standard InChI is InChI=1S/C28H27N/c1-5-13-22(14-6-1)26-21-27(23-15-7-2-8-16-23)29(25-19-11-4-12-20-25)28(26)24-17-9-3-10-18-24/h1-3,5-10,13-18,21,25H,4,11-12,19-20H2. The van der Waals surface area contributed by atoms with E-state index < -0.39 is 0 Å². The molecule has 1 aliphatic rings. The van der Waals surface area contributed by atoms with Crippen LogP contribution in [0.4, 0.5) is 0 Å². The van der Waals surface area contributed by atoms with Gasteiger partial charge in [-0.1, -0.05) is 110 Å². The summed E-state index contributed by atoms with van der Waals surface area (Å²) in [5.74, 6) is 0. The summed E-state index contributed by atoms with van der Waals surface area (Å²) in [6.07, 6.45) is 6.55. The lowest BCUT2D eigenvalue weighted by atomic mass is 9.94. The summed E-state index contributed by atoms with van der Waals surface area (Å²) in [5.41, 5.74) is 7.94. The predicted octanol–water partition coefficient (Wildman–Crippen LogP) is 7.99.